The first-order valence-electron chi connectivity index (χ1n) is 11.8. The van der Waals surface area contributed by atoms with Crippen LogP contribution in [0.15, 0.2) is 34.6 Å². The number of hydrogen-bond donors (Lipinski definition) is 1. The third-order valence-electron chi connectivity index (χ3n) is 5.71. The van der Waals surface area contributed by atoms with Crippen molar-refractivity contribution < 1.29 is 37.8 Å². The predicted molar refractivity (Wildman–Crippen MR) is 143 cm³/mol. The number of esters is 1. The lowest BCUT2D eigenvalue weighted by molar-refractivity contribution is -0.179. The molecule has 1 aromatic rings. The smallest absolute Gasteiger partial charge is 0.378 e. The lowest BCUT2D eigenvalue weighted by atomic mass is 10.0. The van der Waals surface area contributed by atoms with Crippen molar-refractivity contribution in [2.24, 2.45) is 5.16 Å². The molecular formula is C25H28BClFN3O7S. The van der Waals surface area contributed by atoms with Gasteiger partial charge < -0.3 is 19.5 Å². The van der Waals surface area contributed by atoms with Gasteiger partial charge in [-0.05, 0) is 58.7 Å². The second-order valence-electron chi connectivity index (χ2n) is 10.4. The largest absolute Gasteiger partial charge is 0.539 e. The molecule has 0 spiro atoms. The molecule has 0 aromatic heterocycles. The van der Waals surface area contributed by atoms with Gasteiger partial charge in [0, 0.05) is 17.2 Å². The molecule has 1 N–H and O–H groups in total. The van der Waals surface area contributed by atoms with Crippen LogP contribution in [0.1, 0.15) is 45.7 Å². The highest BCUT2D eigenvalue weighted by Crippen LogP contribution is 2.40. The van der Waals surface area contributed by atoms with Crippen molar-refractivity contribution in [2.75, 3.05) is 11.6 Å². The van der Waals surface area contributed by atoms with Crippen molar-refractivity contribution in [3.8, 4) is 0 Å². The van der Waals surface area contributed by atoms with Crippen molar-refractivity contribution in [3.05, 3.63) is 46.4 Å². The average molecular weight is 580 g/mol. The second-order valence-corrected chi connectivity index (χ2v) is 11.7. The monoisotopic (exact) mass is 579 g/mol. The molecule has 2 aliphatic rings. The fraction of sp³-hybridized carbons (Fsp3) is 0.480. The minimum Gasteiger partial charge on any atom is -0.539 e. The van der Waals surface area contributed by atoms with Crippen LogP contribution < -0.4 is 5.32 Å². The van der Waals surface area contributed by atoms with E-state index in [0.29, 0.717) is 16.9 Å². The van der Waals surface area contributed by atoms with E-state index in [-0.39, 0.29) is 22.9 Å². The van der Waals surface area contributed by atoms with Gasteiger partial charge in [0.2, 0.25) is 5.60 Å². The first-order valence-corrected chi connectivity index (χ1v) is 13.4. The maximum absolute atomic E-state index is 14.4. The normalized spacial score (nSPS) is 19.6. The maximum Gasteiger partial charge on any atom is 0.378 e. The van der Waals surface area contributed by atoms with Gasteiger partial charge in [-0.15, -0.1) is 23.4 Å². The summed E-state index contributed by atoms with van der Waals surface area (Å²) in [7, 11) is 5.03. The quantitative estimate of drug-likeness (QED) is 0.124. The highest BCUT2D eigenvalue weighted by atomic mass is 35.5. The van der Waals surface area contributed by atoms with Gasteiger partial charge in [0.15, 0.2) is 5.71 Å². The molecule has 2 amide bonds. The van der Waals surface area contributed by atoms with Crippen molar-refractivity contribution >= 4 is 60.9 Å². The van der Waals surface area contributed by atoms with Crippen LogP contribution in [0.2, 0.25) is 0 Å². The number of rotatable bonds is 8. The van der Waals surface area contributed by atoms with Crippen molar-refractivity contribution in [2.45, 2.75) is 64.2 Å². The van der Waals surface area contributed by atoms with Crippen LogP contribution in [0.4, 0.5) is 4.39 Å². The van der Waals surface area contributed by atoms with Crippen LogP contribution in [-0.4, -0.2) is 76.7 Å². The third-order valence-corrected chi connectivity index (χ3v) is 7.37. The highest BCUT2D eigenvalue weighted by molar-refractivity contribution is 8.00. The molecule has 208 valence electrons. The third kappa shape index (κ3) is 6.58. The van der Waals surface area contributed by atoms with E-state index in [4.69, 9.17) is 29.2 Å². The lowest BCUT2D eigenvalue weighted by Crippen LogP contribution is -2.71. The zero-order valence-corrected chi connectivity index (χ0v) is 23.9. The second kappa shape index (κ2) is 11.6. The van der Waals surface area contributed by atoms with E-state index in [1.54, 1.807) is 27.7 Å². The Morgan fingerprint density at radius 2 is 1.92 bits per heavy atom. The number of thioether (sulfide) groups is 1. The Balaban J connectivity index is 1.89. The number of benzene rings is 1. The number of alkyl halides is 1. The highest BCUT2D eigenvalue weighted by Gasteiger charge is 2.54. The number of β-lactam (4-membered cyclic amide) rings is 1. The number of nitrogens with zero attached hydrogens (tertiary/aromatic N) is 2. The minimum absolute atomic E-state index is 0.0223. The first-order chi connectivity index (χ1) is 18.1. The summed E-state index contributed by atoms with van der Waals surface area (Å²) in [5.41, 5.74) is -2.01. The molecular weight excluding hydrogens is 552 g/mol. The van der Waals surface area contributed by atoms with E-state index in [9.17, 15) is 23.6 Å². The van der Waals surface area contributed by atoms with Gasteiger partial charge in [-0.3, -0.25) is 14.5 Å². The average Bonchev–Trinajstić information content (AvgIpc) is 2.86. The number of aryl methyl sites for hydroxylation is 1. The molecule has 0 saturated carbocycles. The molecule has 2 atom stereocenters. The number of carbonyl (C=O) groups is 4. The Kier molecular flexibility index (Phi) is 9.06. The molecule has 0 bridgehead atoms. The molecule has 39 heavy (non-hydrogen) atoms. The Morgan fingerprint density at radius 1 is 1.26 bits per heavy atom. The van der Waals surface area contributed by atoms with Gasteiger partial charge in [-0.1, -0.05) is 17.3 Å². The summed E-state index contributed by atoms with van der Waals surface area (Å²) in [5, 5.41) is 5.82. The molecule has 10 nitrogen and oxygen atoms in total. The van der Waals surface area contributed by atoms with Crippen LogP contribution in [0, 0.1) is 12.7 Å². The number of nitrogens with one attached hydrogen (secondary N) is 1. The Bertz CT molecular complexity index is 1260. The van der Waals surface area contributed by atoms with Crippen molar-refractivity contribution in [3.63, 3.8) is 0 Å². The van der Waals surface area contributed by atoms with E-state index < -0.39 is 52.2 Å². The number of amides is 2. The van der Waals surface area contributed by atoms with Crippen LogP contribution in [-0.2, 0) is 33.4 Å². The number of ether oxygens (including phenoxy) is 1. The van der Waals surface area contributed by atoms with Gasteiger partial charge >= 0.3 is 20.0 Å². The van der Waals surface area contributed by atoms with Gasteiger partial charge in [0.05, 0.1) is 0 Å². The fourth-order valence-electron chi connectivity index (χ4n) is 3.60. The summed E-state index contributed by atoms with van der Waals surface area (Å²) in [6, 6.07) is 2.94. The molecule has 0 aliphatic carbocycles. The summed E-state index contributed by atoms with van der Waals surface area (Å²) in [5.74, 6) is -3.46. The van der Waals surface area contributed by atoms with E-state index in [1.807, 2.05) is 0 Å². The molecule has 1 saturated heterocycles. The fourth-order valence-corrected chi connectivity index (χ4v) is 5.28. The Morgan fingerprint density at radius 3 is 2.49 bits per heavy atom. The maximum atomic E-state index is 14.4. The number of hydrogen-bond acceptors (Lipinski definition) is 9. The number of fused-ring (bicyclic) bond motifs is 1. The lowest BCUT2D eigenvalue weighted by Gasteiger charge is -2.49. The van der Waals surface area contributed by atoms with Gasteiger partial charge in [-0.2, -0.15) is 0 Å². The van der Waals surface area contributed by atoms with Gasteiger partial charge in [-0.25, -0.2) is 14.0 Å². The van der Waals surface area contributed by atoms with Gasteiger partial charge in [0.25, 0.3) is 11.8 Å². The molecule has 2 aliphatic heterocycles. The van der Waals surface area contributed by atoms with Crippen LogP contribution in [0.3, 0.4) is 0 Å². The van der Waals surface area contributed by atoms with Gasteiger partial charge in [0.1, 0.15) is 28.5 Å². The topological polar surface area (TPSA) is 124 Å². The molecule has 1 aromatic carbocycles. The minimum atomic E-state index is -1.61. The Labute approximate surface area is 236 Å². The molecule has 14 heteroatoms. The molecule has 1 fully saturated rings. The predicted octanol–water partition coefficient (Wildman–Crippen LogP) is 2.49. The van der Waals surface area contributed by atoms with E-state index in [0.717, 1.165) is 11.0 Å². The molecule has 1 unspecified atom stereocenters. The molecule has 3 rings (SSSR count). The number of carbonyl (C=O) groups excluding carboxylic acids is 4. The van der Waals surface area contributed by atoms with Crippen molar-refractivity contribution in [1.82, 2.24) is 10.2 Å². The van der Waals surface area contributed by atoms with Crippen molar-refractivity contribution in [1.29, 1.82) is 0 Å². The Hall–Kier alpha value is -3.06. The number of oxime groups is 1. The summed E-state index contributed by atoms with van der Waals surface area (Å²) >= 11 is 7.20. The van der Waals surface area contributed by atoms with Crippen LogP contribution in [0.25, 0.3) is 0 Å². The van der Waals surface area contributed by atoms with E-state index in [2.05, 4.69) is 15.1 Å². The summed E-state index contributed by atoms with van der Waals surface area (Å²) < 4.78 is 24.1. The van der Waals surface area contributed by atoms with E-state index in [1.165, 1.54) is 37.7 Å². The SMILES string of the molecule is [B]OC(=O)C1=C(CCl)CS[C@@H]2C(NC(=O)/C(=N\OC(C)(C)C(=O)OC(C)(C)C)c3ccc(C)c(F)c3)C(=O)N12. The molecule has 2 radical (unpaired) electrons. The number of halogens is 2. The summed E-state index contributed by atoms with van der Waals surface area (Å²) in [6.07, 6.45) is 0. The summed E-state index contributed by atoms with van der Waals surface area (Å²) in [6.45, 7) is 9.41. The van der Waals surface area contributed by atoms with Crippen LogP contribution in [0.5, 0.6) is 0 Å². The zero-order chi connectivity index (χ0) is 29.3. The van der Waals surface area contributed by atoms with Crippen LogP contribution >= 0.6 is 23.4 Å². The summed E-state index contributed by atoms with van der Waals surface area (Å²) in [4.78, 5) is 57.8. The molecule has 2 heterocycles. The van der Waals surface area contributed by atoms with E-state index >= 15 is 0 Å². The first kappa shape index (κ1) is 30.5. The zero-order valence-electron chi connectivity index (χ0n) is 22.3. The standard InChI is InChI=1S/C25H28BClFN3O7S/c1-12-7-8-13(9-15(12)28)16(30-38-25(5,6)23(35)36-24(2,3)4)19(32)29-17-20(33)31-18(22(34)37-26)14(10-27)11-39-21(17)31/h7-9,17,21H,10-11H2,1-6H3,(H,29,32)/b30-16-/t17?,21-/m1/s1.